The van der Waals surface area contributed by atoms with Crippen molar-refractivity contribution < 1.29 is 4.74 Å². The SMILES string of the molecule is NNc1c(N)nc(Cl)nc1NC1CCCCO1. The van der Waals surface area contributed by atoms with E-state index in [1.54, 1.807) is 0 Å². The number of nitrogens with two attached hydrogens (primary N) is 2. The Labute approximate surface area is 104 Å². The predicted octanol–water partition coefficient (Wildman–Crippen LogP) is 0.936. The molecule has 1 atom stereocenters. The minimum Gasteiger partial charge on any atom is -0.382 e. The molecule has 0 radical (unpaired) electrons. The molecule has 1 aliphatic rings. The van der Waals surface area contributed by atoms with Crippen molar-refractivity contribution in [2.24, 2.45) is 5.84 Å². The van der Waals surface area contributed by atoms with E-state index in [-0.39, 0.29) is 17.3 Å². The molecule has 94 valence electrons. The van der Waals surface area contributed by atoms with Crippen LogP contribution in [0.1, 0.15) is 19.3 Å². The highest BCUT2D eigenvalue weighted by molar-refractivity contribution is 6.28. The van der Waals surface area contributed by atoms with E-state index in [9.17, 15) is 0 Å². The maximum atomic E-state index is 5.75. The summed E-state index contributed by atoms with van der Waals surface area (Å²) in [4.78, 5) is 7.85. The summed E-state index contributed by atoms with van der Waals surface area (Å²) >= 11 is 5.75. The van der Waals surface area contributed by atoms with E-state index >= 15 is 0 Å². The molecule has 1 aromatic rings. The molecule has 1 aromatic heterocycles. The maximum absolute atomic E-state index is 5.75. The van der Waals surface area contributed by atoms with Crippen LogP contribution in [0.15, 0.2) is 0 Å². The molecule has 0 bridgehead atoms. The summed E-state index contributed by atoms with van der Waals surface area (Å²) in [6, 6.07) is 0. The second-order valence-electron chi connectivity index (χ2n) is 3.75. The zero-order chi connectivity index (χ0) is 12.3. The van der Waals surface area contributed by atoms with E-state index in [4.69, 9.17) is 27.9 Å². The molecule has 1 unspecified atom stereocenters. The topological polar surface area (TPSA) is 111 Å². The van der Waals surface area contributed by atoms with Gasteiger partial charge in [-0.3, -0.25) is 5.84 Å². The smallest absolute Gasteiger partial charge is 0.226 e. The molecule has 1 saturated heterocycles. The van der Waals surface area contributed by atoms with Crippen molar-refractivity contribution in [3.05, 3.63) is 5.28 Å². The first-order chi connectivity index (χ1) is 8.20. The zero-order valence-corrected chi connectivity index (χ0v) is 10.00. The number of rotatable bonds is 3. The first-order valence-electron chi connectivity index (χ1n) is 5.38. The number of nitrogens with zero attached hydrogens (tertiary/aromatic N) is 2. The number of anilines is 3. The molecule has 2 rings (SSSR count). The highest BCUT2D eigenvalue weighted by Crippen LogP contribution is 2.27. The maximum Gasteiger partial charge on any atom is 0.226 e. The lowest BCUT2D eigenvalue weighted by molar-refractivity contribution is 0.0341. The van der Waals surface area contributed by atoms with Crippen molar-refractivity contribution in [1.82, 2.24) is 9.97 Å². The van der Waals surface area contributed by atoms with Crippen molar-refractivity contribution >= 4 is 28.9 Å². The lowest BCUT2D eigenvalue weighted by atomic mass is 10.2. The summed E-state index contributed by atoms with van der Waals surface area (Å²) in [5, 5.41) is 3.17. The number of hydrazine groups is 1. The molecule has 1 fully saturated rings. The molecule has 0 saturated carbocycles. The van der Waals surface area contributed by atoms with Gasteiger partial charge in [0.15, 0.2) is 11.6 Å². The van der Waals surface area contributed by atoms with E-state index in [0.717, 1.165) is 25.9 Å². The van der Waals surface area contributed by atoms with Crippen LogP contribution < -0.4 is 22.3 Å². The molecular formula is C9H15ClN6O. The van der Waals surface area contributed by atoms with Gasteiger partial charge in [-0.05, 0) is 30.9 Å². The number of hydrogen-bond acceptors (Lipinski definition) is 7. The van der Waals surface area contributed by atoms with E-state index in [2.05, 4.69) is 20.7 Å². The summed E-state index contributed by atoms with van der Waals surface area (Å²) in [6.45, 7) is 0.733. The van der Waals surface area contributed by atoms with E-state index in [1.807, 2.05) is 0 Å². The number of hydrogen-bond donors (Lipinski definition) is 4. The lowest BCUT2D eigenvalue weighted by Gasteiger charge is -2.25. The highest BCUT2D eigenvalue weighted by Gasteiger charge is 2.18. The van der Waals surface area contributed by atoms with Gasteiger partial charge in [-0.15, -0.1) is 0 Å². The van der Waals surface area contributed by atoms with Gasteiger partial charge in [0, 0.05) is 6.61 Å². The minimum atomic E-state index is -0.0961. The van der Waals surface area contributed by atoms with Crippen LogP contribution in [0.25, 0.3) is 0 Å². The van der Waals surface area contributed by atoms with Gasteiger partial charge in [-0.2, -0.15) is 9.97 Å². The molecule has 2 heterocycles. The lowest BCUT2D eigenvalue weighted by Crippen LogP contribution is -2.28. The van der Waals surface area contributed by atoms with E-state index in [1.165, 1.54) is 0 Å². The Hall–Kier alpha value is -1.31. The first kappa shape index (κ1) is 12.2. The molecule has 0 spiro atoms. The van der Waals surface area contributed by atoms with Gasteiger partial charge in [0.25, 0.3) is 0 Å². The van der Waals surface area contributed by atoms with Gasteiger partial charge in [0.2, 0.25) is 5.28 Å². The normalized spacial score (nSPS) is 20.0. The minimum absolute atomic E-state index is 0.0693. The third kappa shape index (κ3) is 2.87. The van der Waals surface area contributed by atoms with Crippen LogP contribution in [0.4, 0.5) is 17.3 Å². The van der Waals surface area contributed by atoms with Crippen LogP contribution in [0.2, 0.25) is 5.28 Å². The molecule has 1 aliphatic heterocycles. The Morgan fingerprint density at radius 1 is 1.35 bits per heavy atom. The Morgan fingerprint density at radius 3 is 2.82 bits per heavy atom. The monoisotopic (exact) mass is 258 g/mol. The highest BCUT2D eigenvalue weighted by atomic mass is 35.5. The van der Waals surface area contributed by atoms with Gasteiger partial charge in [-0.1, -0.05) is 0 Å². The molecule has 17 heavy (non-hydrogen) atoms. The predicted molar refractivity (Wildman–Crippen MR) is 66.5 cm³/mol. The fourth-order valence-corrected chi connectivity index (χ4v) is 1.88. The quantitative estimate of drug-likeness (QED) is 0.363. The standard InChI is InChI=1S/C9H15ClN6O/c10-9-14-7(11)6(16-12)8(15-9)13-5-3-1-2-4-17-5/h5,16H,1-4,12H2,(H3,11,13,14,15). The summed E-state index contributed by atoms with van der Waals surface area (Å²) in [5.41, 5.74) is 8.55. The van der Waals surface area contributed by atoms with Gasteiger partial charge < -0.3 is 21.2 Å². The van der Waals surface area contributed by atoms with Gasteiger partial charge >= 0.3 is 0 Å². The molecule has 7 nitrogen and oxygen atoms in total. The third-order valence-corrected chi connectivity index (χ3v) is 2.70. The van der Waals surface area contributed by atoms with Gasteiger partial charge in [-0.25, -0.2) is 0 Å². The van der Waals surface area contributed by atoms with Crippen LogP contribution in [-0.4, -0.2) is 22.8 Å². The number of aromatic nitrogens is 2. The van der Waals surface area contributed by atoms with Crippen LogP contribution in [0.3, 0.4) is 0 Å². The molecule has 6 N–H and O–H groups in total. The Bertz CT molecular complexity index is 395. The van der Waals surface area contributed by atoms with Crippen LogP contribution in [0, 0.1) is 0 Å². The number of nitrogen functional groups attached to an aromatic ring is 2. The van der Waals surface area contributed by atoms with Crippen molar-refractivity contribution in [1.29, 1.82) is 0 Å². The fraction of sp³-hybridized carbons (Fsp3) is 0.556. The van der Waals surface area contributed by atoms with E-state index < -0.39 is 0 Å². The molecule has 0 aliphatic carbocycles. The number of halogens is 1. The van der Waals surface area contributed by atoms with Crippen LogP contribution in [-0.2, 0) is 4.74 Å². The third-order valence-electron chi connectivity index (χ3n) is 2.53. The van der Waals surface area contributed by atoms with Crippen LogP contribution in [0.5, 0.6) is 0 Å². The Balaban J connectivity index is 2.18. The number of nitrogens with one attached hydrogen (secondary N) is 2. The summed E-state index contributed by atoms with van der Waals surface area (Å²) < 4.78 is 5.54. The second-order valence-corrected chi connectivity index (χ2v) is 4.08. The van der Waals surface area contributed by atoms with Gasteiger partial charge in [0.05, 0.1) is 0 Å². The molecule has 0 aromatic carbocycles. The molecular weight excluding hydrogens is 244 g/mol. The van der Waals surface area contributed by atoms with Crippen molar-refractivity contribution in [3.8, 4) is 0 Å². The zero-order valence-electron chi connectivity index (χ0n) is 9.24. The van der Waals surface area contributed by atoms with Crippen molar-refractivity contribution in [3.63, 3.8) is 0 Å². The summed E-state index contributed by atoms with van der Waals surface area (Å²) in [6.07, 6.45) is 3.00. The van der Waals surface area contributed by atoms with Crippen molar-refractivity contribution in [2.75, 3.05) is 23.1 Å². The Morgan fingerprint density at radius 2 is 2.18 bits per heavy atom. The summed E-state index contributed by atoms with van der Waals surface area (Å²) in [5.74, 6) is 6.03. The van der Waals surface area contributed by atoms with E-state index in [0.29, 0.717) is 11.5 Å². The number of ether oxygens (including phenoxy) is 1. The average molecular weight is 259 g/mol. The average Bonchev–Trinajstić information content (AvgIpc) is 2.30. The molecule has 8 heteroatoms. The Kier molecular flexibility index (Phi) is 3.82. The first-order valence-corrected chi connectivity index (χ1v) is 5.76. The molecule has 0 amide bonds. The second kappa shape index (κ2) is 5.35. The largest absolute Gasteiger partial charge is 0.382 e. The van der Waals surface area contributed by atoms with Crippen molar-refractivity contribution in [2.45, 2.75) is 25.5 Å². The summed E-state index contributed by atoms with van der Waals surface area (Å²) in [7, 11) is 0. The van der Waals surface area contributed by atoms with Crippen LogP contribution >= 0.6 is 11.6 Å². The van der Waals surface area contributed by atoms with Gasteiger partial charge in [0.1, 0.15) is 11.9 Å². The fourth-order valence-electron chi connectivity index (χ4n) is 1.70.